The fourth-order valence-electron chi connectivity index (χ4n) is 2.01. The van der Waals surface area contributed by atoms with Gasteiger partial charge in [-0.05, 0) is 6.92 Å². The van der Waals surface area contributed by atoms with E-state index < -0.39 is 0 Å². The highest BCUT2D eigenvalue weighted by Crippen LogP contribution is 2.29. The smallest absolute Gasteiger partial charge is 0.161 e. The summed E-state index contributed by atoms with van der Waals surface area (Å²) in [5.41, 5.74) is 7.22. The maximum atomic E-state index is 6.29. The number of rotatable bonds is 4. The van der Waals surface area contributed by atoms with Gasteiger partial charge in [-0.3, -0.25) is 4.68 Å². The highest BCUT2D eigenvalue weighted by Gasteiger charge is 2.28. The first-order valence-corrected chi connectivity index (χ1v) is 6.98. The summed E-state index contributed by atoms with van der Waals surface area (Å²) in [6.07, 6.45) is 1.76. The first-order valence-electron chi connectivity index (χ1n) is 5.82. The highest BCUT2D eigenvalue weighted by molar-refractivity contribution is 7.99. The molecule has 1 aliphatic rings. The van der Waals surface area contributed by atoms with Crippen molar-refractivity contribution in [2.75, 3.05) is 25.2 Å². The minimum absolute atomic E-state index is 0.0460. The first-order chi connectivity index (χ1) is 8.27. The number of aromatic nitrogens is 2. The Hall–Kier alpha value is -0.720. The van der Waals surface area contributed by atoms with Crippen molar-refractivity contribution >= 4 is 11.8 Å². The van der Waals surface area contributed by atoms with Crippen LogP contribution in [0.1, 0.15) is 18.7 Å². The summed E-state index contributed by atoms with van der Waals surface area (Å²) in [6, 6.07) is -0.180. The molecule has 17 heavy (non-hydrogen) atoms. The van der Waals surface area contributed by atoms with E-state index >= 15 is 0 Å². The fraction of sp³-hybridized carbons (Fsp3) is 0.727. The van der Waals surface area contributed by atoms with Gasteiger partial charge in [-0.2, -0.15) is 16.9 Å². The van der Waals surface area contributed by atoms with E-state index in [0.717, 1.165) is 36.1 Å². The van der Waals surface area contributed by atoms with E-state index in [2.05, 4.69) is 5.10 Å². The summed E-state index contributed by atoms with van der Waals surface area (Å²) in [6.45, 7) is 3.59. The van der Waals surface area contributed by atoms with Gasteiger partial charge in [0.25, 0.3) is 0 Å². The van der Waals surface area contributed by atoms with Gasteiger partial charge in [-0.1, -0.05) is 0 Å². The number of methoxy groups -OCH3 is 1. The Morgan fingerprint density at radius 1 is 1.76 bits per heavy atom. The van der Waals surface area contributed by atoms with Crippen molar-refractivity contribution < 1.29 is 9.47 Å². The average Bonchev–Trinajstić information content (AvgIpc) is 2.81. The Balaban J connectivity index is 2.21. The summed E-state index contributed by atoms with van der Waals surface area (Å²) >= 11 is 1.88. The molecule has 1 fully saturated rings. The average molecular weight is 257 g/mol. The van der Waals surface area contributed by atoms with Crippen LogP contribution in [0.3, 0.4) is 0 Å². The zero-order chi connectivity index (χ0) is 12.3. The van der Waals surface area contributed by atoms with Crippen LogP contribution in [0.15, 0.2) is 6.20 Å². The van der Waals surface area contributed by atoms with Gasteiger partial charge >= 0.3 is 0 Å². The van der Waals surface area contributed by atoms with E-state index in [9.17, 15) is 0 Å². The number of hydrogen-bond donors (Lipinski definition) is 1. The molecule has 2 atom stereocenters. The van der Waals surface area contributed by atoms with E-state index in [1.54, 1.807) is 13.3 Å². The Morgan fingerprint density at radius 2 is 2.59 bits per heavy atom. The second kappa shape index (κ2) is 5.75. The van der Waals surface area contributed by atoms with Crippen LogP contribution in [0.25, 0.3) is 0 Å². The molecule has 2 rings (SSSR count). The molecular formula is C11H19N3O2S. The lowest BCUT2D eigenvalue weighted by molar-refractivity contribution is 0.0542. The van der Waals surface area contributed by atoms with Crippen LogP contribution in [0.4, 0.5) is 0 Å². The summed E-state index contributed by atoms with van der Waals surface area (Å²) in [4.78, 5) is 0. The van der Waals surface area contributed by atoms with Crippen LogP contribution in [-0.4, -0.2) is 41.1 Å². The lowest BCUT2D eigenvalue weighted by atomic mass is 10.1. The molecule has 0 saturated carbocycles. The van der Waals surface area contributed by atoms with Gasteiger partial charge in [-0.15, -0.1) is 0 Å². The molecule has 1 saturated heterocycles. The third-order valence-electron chi connectivity index (χ3n) is 2.92. The molecule has 0 bridgehead atoms. The van der Waals surface area contributed by atoms with Crippen LogP contribution < -0.4 is 10.5 Å². The normalized spacial score (nSPS) is 22.4. The molecule has 2 unspecified atom stereocenters. The molecular weight excluding hydrogens is 238 g/mol. The second-order valence-corrected chi connectivity index (χ2v) is 5.07. The third kappa shape index (κ3) is 2.59. The number of aryl methyl sites for hydroxylation is 1. The number of hydrogen-bond acceptors (Lipinski definition) is 5. The standard InChI is InChI=1S/C11H19N3O2S/c1-3-14-11(8(15-2)6-13-14)10(12)9-7-17-5-4-16-9/h6,9-10H,3-5,7,12H2,1-2H3. The summed E-state index contributed by atoms with van der Waals surface area (Å²) in [7, 11) is 1.64. The van der Waals surface area contributed by atoms with Crippen LogP contribution in [0.2, 0.25) is 0 Å². The van der Waals surface area contributed by atoms with Crippen molar-refractivity contribution in [1.29, 1.82) is 0 Å². The fourth-order valence-corrected chi connectivity index (χ4v) is 2.93. The minimum atomic E-state index is -0.180. The number of nitrogens with two attached hydrogens (primary N) is 1. The molecule has 0 aliphatic carbocycles. The van der Waals surface area contributed by atoms with Gasteiger partial charge in [0.05, 0.1) is 37.8 Å². The highest BCUT2D eigenvalue weighted by atomic mass is 32.2. The number of nitrogens with zero attached hydrogens (tertiary/aromatic N) is 2. The van der Waals surface area contributed by atoms with Crippen molar-refractivity contribution in [3.8, 4) is 5.75 Å². The Bertz CT molecular complexity index is 342. The van der Waals surface area contributed by atoms with E-state index in [-0.39, 0.29) is 12.1 Å². The molecule has 0 amide bonds. The van der Waals surface area contributed by atoms with Gasteiger partial charge in [-0.25, -0.2) is 0 Å². The molecule has 1 aromatic rings. The quantitative estimate of drug-likeness (QED) is 0.873. The molecule has 2 N–H and O–H groups in total. The van der Waals surface area contributed by atoms with Gasteiger partial charge in [0.2, 0.25) is 0 Å². The van der Waals surface area contributed by atoms with E-state index in [4.69, 9.17) is 15.2 Å². The Labute approximate surface area is 106 Å². The van der Waals surface area contributed by atoms with Crippen LogP contribution in [0.5, 0.6) is 5.75 Å². The van der Waals surface area contributed by atoms with Crippen molar-refractivity contribution in [1.82, 2.24) is 9.78 Å². The van der Waals surface area contributed by atoms with Crippen molar-refractivity contribution in [3.05, 3.63) is 11.9 Å². The Morgan fingerprint density at radius 3 is 3.18 bits per heavy atom. The third-order valence-corrected chi connectivity index (χ3v) is 3.94. The molecule has 6 heteroatoms. The van der Waals surface area contributed by atoms with E-state index in [1.165, 1.54) is 0 Å². The molecule has 0 radical (unpaired) electrons. The minimum Gasteiger partial charge on any atom is -0.493 e. The maximum Gasteiger partial charge on any atom is 0.161 e. The van der Waals surface area contributed by atoms with Crippen LogP contribution >= 0.6 is 11.8 Å². The molecule has 1 aliphatic heterocycles. The van der Waals surface area contributed by atoms with Crippen LogP contribution in [-0.2, 0) is 11.3 Å². The van der Waals surface area contributed by atoms with Gasteiger partial charge in [0.1, 0.15) is 0 Å². The largest absolute Gasteiger partial charge is 0.493 e. The lowest BCUT2D eigenvalue weighted by Crippen LogP contribution is -2.36. The predicted octanol–water partition coefficient (Wildman–Crippen LogP) is 1.04. The van der Waals surface area contributed by atoms with Gasteiger partial charge in [0.15, 0.2) is 5.75 Å². The summed E-state index contributed by atoms with van der Waals surface area (Å²) in [5.74, 6) is 2.73. The second-order valence-electron chi connectivity index (χ2n) is 3.92. The van der Waals surface area contributed by atoms with E-state index in [0.29, 0.717) is 0 Å². The zero-order valence-corrected chi connectivity index (χ0v) is 11.1. The lowest BCUT2D eigenvalue weighted by Gasteiger charge is -2.28. The van der Waals surface area contributed by atoms with Crippen molar-refractivity contribution in [2.45, 2.75) is 25.6 Å². The van der Waals surface area contributed by atoms with Crippen LogP contribution in [0, 0.1) is 0 Å². The van der Waals surface area contributed by atoms with Gasteiger partial charge in [0, 0.05) is 18.1 Å². The summed E-state index contributed by atoms with van der Waals surface area (Å²) < 4.78 is 12.9. The molecule has 96 valence electrons. The van der Waals surface area contributed by atoms with Crippen molar-refractivity contribution in [3.63, 3.8) is 0 Å². The molecule has 1 aromatic heterocycles. The topological polar surface area (TPSA) is 62.3 Å². The monoisotopic (exact) mass is 257 g/mol. The molecule has 0 spiro atoms. The molecule has 0 aromatic carbocycles. The van der Waals surface area contributed by atoms with Gasteiger partial charge < -0.3 is 15.2 Å². The predicted molar refractivity (Wildman–Crippen MR) is 68.4 cm³/mol. The van der Waals surface area contributed by atoms with Crippen molar-refractivity contribution in [2.24, 2.45) is 5.73 Å². The SMILES string of the molecule is CCn1ncc(OC)c1C(N)C1CSCCO1. The number of ether oxygens (including phenoxy) is 2. The molecule has 5 nitrogen and oxygen atoms in total. The summed E-state index contributed by atoms with van der Waals surface area (Å²) in [5, 5.41) is 4.27. The maximum absolute atomic E-state index is 6.29. The first kappa shape index (κ1) is 12.7. The zero-order valence-electron chi connectivity index (χ0n) is 10.3. The Kier molecular flexibility index (Phi) is 4.31. The van der Waals surface area contributed by atoms with E-state index in [1.807, 2.05) is 23.4 Å². The molecule has 2 heterocycles. The number of thioether (sulfide) groups is 1.